The Morgan fingerprint density at radius 2 is 1.34 bits per heavy atom. The average Bonchev–Trinajstić information content (AvgIpc) is 2.61. The first-order chi connectivity index (χ1) is 37.1. The number of allylic oxidation sites excluding steroid dienone is 2. The molecule has 79 heavy (non-hydrogen) atoms. The van der Waals surface area contributed by atoms with Gasteiger partial charge in [-0.2, -0.15) is 0 Å². The molecular weight excluding hydrogens is 1030 g/mol. The van der Waals surface area contributed by atoms with Gasteiger partial charge in [-0.15, -0.1) is 0 Å². The van der Waals surface area contributed by atoms with Crippen LogP contribution >= 0.6 is 0 Å². The van der Waals surface area contributed by atoms with Crippen LogP contribution in [0.25, 0.3) is 0 Å². The average molecular weight is 1120 g/mol. The van der Waals surface area contributed by atoms with Crippen LogP contribution in [0.5, 0.6) is 0 Å². The summed E-state index contributed by atoms with van der Waals surface area (Å²) in [5, 5.41) is 102. The van der Waals surface area contributed by atoms with E-state index in [1.165, 1.54) is 6.92 Å². The molecule has 20 heteroatoms. The molecule has 3 saturated heterocycles. The number of Topliss-reactive ketones (excluding diaryl/α,β-unsaturated/α-hetero) is 1. The van der Waals surface area contributed by atoms with E-state index in [0.717, 1.165) is 69.8 Å². The number of nitrogens with one attached hydrogen (secondary N) is 1. The molecule has 0 bridgehead atoms. The summed E-state index contributed by atoms with van der Waals surface area (Å²) in [7, 11) is 0. The third-order valence-electron chi connectivity index (χ3n) is 21.6. The standard InChI is InChI=1S/C59H95NO19/c1-31-48(77-50-46(71)43(68)34(62)30-74-50)45(70)47(72)51(75-31)78-49-44(69)42(60-40(65)17-15-13-11-9-10-12-14-16-18-41(66)67)35(29-61)76-52(49)79-53(73)59-26-25-54(2,3)27-33(59)32-19-20-37-56(6)23-22-38(63)55(4,5)36(56)21-24-57(37,7)58(32,8)28-39(59)64/h19,31,33-37,39,42-52,61-62,64,68-72H,9-18,20-30H2,1-8H3,(H,60,65)(H,66,67)/t31?,33?,34-,35?,36+,37?,39?,42+,43?,44?,45?,46?,47?,48+,49?,50+,51+,52+,56?,57+,58-,59-/m1/s1. The number of esters is 1. The molecule has 10 N–H and O–H groups in total. The lowest BCUT2D eigenvalue weighted by molar-refractivity contribution is -0.370. The van der Waals surface area contributed by atoms with Crippen LogP contribution in [0.2, 0.25) is 0 Å². The van der Waals surface area contributed by atoms with Gasteiger partial charge < -0.3 is 79.7 Å². The molecular formula is C59H95NO19. The van der Waals surface area contributed by atoms with Crippen LogP contribution in [-0.4, -0.2) is 175 Å². The van der Waals surface area contributed by atoms with Crippen molar-refractivity contribution in [3.8, 4) is 0 Å². The lowest BCUT2D eigenvalue weighted by Gasteiger charge is -2.71. The predicted molar refractivity (Wildman–Crippen MR) is 283 cm³/mol. The Balaban J connectivity index is 1.04. The molecule has 0 spiro atoms. The number of hydrogen-bond acceptors (Lipinski definition) is 18. The molecule has 450 valence electrons. The van der Waals surface area contributed by atoms with Gasteiger partial charge in [-0.1, -0.05) is 98.6 Å². The van der Waals surface area contributed by atoms with Gasteiger partial charge in [-0.3, -0.25) is 19.2 Å². The number of rotatable bonds is 19. The summed E-state index contributed by atoms with van der Waals surface area (Å²) in [6.45, 7) is 15.9. The number of aliphatic carboxylic acids is 1. The molecule has 3 aliphatic heterocycles. The van der Waals surface area contributed by atoms with E-state index >= 15 is 4.79 Å². The van der Waals surface area contributed by atoms with Crippen molar-refractivity contribution in [1.82, 2.24) is 5.32 Å². The van der Waals surface area contributed by atoms with Crippen LogP contribution in [0, 0.1) is 50.2 Å². The maximum atomic E-state index is 15.7. The summed E-state index contributed by atoms with van der Waals surface area (Å²) in [5.41, 5.74) is -2.01. The van der Waals surface area contributed by atoms with Crippen molar-refractivity contribution in [2.24, 2.45) is 50.2 Å². The first-order valence-electron chi connectivity index (χ1n) is 29.6. The number of carbonyl (C=O) groups excluding carboxylic acids is 3. The number of carboxylic acid groups (broad SMARTS) is 1. The Morgan fingerprint density at radius 3 is 2.00 bits per heavy atom. The Morgan fingerprint density at radius 1 is 0.709 bits per heavy atom. The van der Waals surface area contributed by atoms with Crippen molar-refractivity contribution in [2.45, 2.75) is 269 Å². The fourth-order valence-corrected chi connectivity index (χ4v) is 16.6. The Hall–Kier alpha value is -2.70. The van der Waals surface area contributed by atoms with Crippen LogP contribution in [-0.2, 0) is 47.6 Å². The third kappa shape index (κ3) is 11.7. The van der Waals surface area contributed by atoms with Gasteiger partial charge in [0.15, 0.2) is 18.7 Å². The maximum absolute atomic E-state index is 15.7. The highest BCUT2D eigenvalue weighted by atomic mass is 16.8. The normalized spacial score (nSPS) is 45.4. The largest absolute Gasteiger partial charge is 0.481 e. The molecule has 8 rings (SSSR count). The Bertz CT molecular complexity index is 2210. The van der Waals surface area contributed by atoms with Crippen LogP contribution in [0.3, 0.4) is 0 Å². The minimum Gasteiger partial charge on any atom is -0.481 e. The number of carbonyl (C=O) groups is 4. The van der Waals surface area contributed by atoms with Gasteiger partial charge in [0.2, 0.25) is 12.2 Å². The highest BCUT2D eigenvalue weighted by Gasteiger charge is 2.72. The van der Waals surface area contributed by atoms with Gasteiger partial charge in [-0.05, 0) is 111 Å². The van der Waals surface area contributed by atoms with Crippen molar-refractivity contribution in [2.75, 3.05) is 13.2 Å². The Kier molecular flexibility index (Phi) is 19.0. The molecule has 4 saturated carbocycles. The highest BCUT2D eigenvalue weighted by Crippen LogP contribution is 2.75. The molecule has 7 fully saturated rings. The number of ether oxygens (including phenoxy) is 6. The zero-order valence-corrected chi connectivity index (χ0v) is 47.9. The molecule has 0 aromatic carbocycles. The molecule has 3 heterocycles. The third-order valence-corrected chi connectivity index (χ3v) is 21.6. The number of carboxylic acids is 1. The first kappa shape index (κ1) is 62.3. The quantitative estimate of drug-likeness (QED) is 0.0495. The van der Waals surface area contributed by atoms with E-state index in [4.69, 9.17) is 33.5 Å². The van der Waals surface area contributed by atoms with Crippen molar-refractivity contribution in [1.29, 1.82) is 0 Å². The number of fused-ring (bicyclic) bond motifs is 7. The smallest absolute Gasteiger partial charge is 0.317 e. The van der Waals surface area contributed by atoms with E-state index in [1.54, 1.807) is 0 Å². The summed E-state index contributed by atoms with van der Waals surface area (Å²) in [6.07, 6.45) is -7.85. The second-order valence-corrected chi connectivity index (χ2v) is 27.2. The molecule has 22 atom stereocenters. The fraction of sp³-hybridized carbons (Fsp3) is 0.898. The molecule has 1 amide bonds. The van der Waals surface area contributed by atoms with Crippen molar-refractivity contribution in [3.05, 3.63) is 11.6 Å². The van der Waals surface area contributed by atoms with Gasteiger partial charge in [0.05, 0.1) is 31.5 Å². The van der Waals surface area contributed by atoms with Gasteiger partial charge in [0, 0.05) is 24.7 Å². The van der Waals surface area contributed by atoms with Gasteiger partial charge in [0.1, 0.15) is 60.0 Å². The minimum atomic E-state index is -1.93. The number of hydrogen-bond donors (Lipinski definition) is 10. The van der Waals surface area contributed by atoms with E-state index in [9.17, 15) is 55.2 Å². The van der Waals surface area contributed by atoms with Crippen LogP contribution in [0.4, 0.5) is 0 Å². The van der Waals surface area contributed by atoms with Crippen molar-refractivity contribution in [3.63, 3.8) is 0 Å². The Labute approximate surface area is 465 Å². The number of unbranched alkanes of at least 4 members (excludes halogenated alkanes) is 7. The lowest BCUT2D eigenvalue weighted by atomic mass is 9.33. The number of ketones is 1. The fourth-order valence-electron chi connectivity index (χ4n) is 16.6. The molecule has 20 nitrogen and oxygen atoms in total. The maximum Gasteiger partial charge on any atom is 0.317 e. The van der Waals surface area contributed by atoms with Crippen LogP contribution in [0.1, 0.15) is 177 Å². The van der Waals surface area contributed by atoms with E-state index in [2.05, 4.69) is 59.9 Å². The lowest BCUT2D eigenvalue weighted by Crippen LogP contribution is -2.69. The predicted octanol–water partition coefficient (Wildman–Crippen LogP) is 4.10. The van der Waals surface area contributed by atoms with Gasteiger partial charge >= 0.3 is 11.9 Å². The molecule has 8 aliphatic rings. The van der Waals surface area contributed by atoms with Gasteiger partial charge in [-0.25, -0.2) is 0 Å². The SMILES string of the molecule is CC1O[C@@H](OC2C(O)[C@@H](NC(=O)CCCCCCCCCCC(=O)O)C(CO)O[C@H]2OC(=O)[C@]23CCC(C)(C)CC2C2=CCC4C5(C)CCC(=O)C(C)(C)[C@@H]5CC[C@]4(C)[C@]2(C)CC3O)C(O)C(O)[C@H]1O[C@@H]1OC[C@@H](O)C(O)C1O. The van der Waals surface area contributed by atoms with Crippen LogP contribution < -0.4 is 5.32 Å². The van der Waals surface area contributed by atoms with Crippen molar-refractivity contribution < 1.29 is 93.6 Å². The summed E-state index contributed by atoms with van der Waals surface area (Å²) in [6, 6.07) is -1.35. The molecule has 0 radical (unpaired) electrons. The summed E-state index contributed by atoms with van der Waals surface area (Å²) in [4.78, 5) is 53.5. The number of aliphatic hydroxyl groups excluding tert-OH is 8. The molecule has 5 aliphatic carbocycles. The van der Waals surface area contributed by atoms with Crippen molar-refractivity contribution >= 4 is 23.6 Å². The van der Waals surface area contributed by atoms with E-state index in [-0.39, 0.29) is 53.8 Å². The van der Waals surface area contributed by atoms with E-state index < -0.39 is 145 Å². The second kappa shape index (κ2) is 24.1. The molecule has 12 unspecified atom stereocenters. The van der Waals surface area contributed by atoms with Crippen LogP contribution in [0.15, 0.2) is 11.6 Å². The van der Waals surface area contributed by atoms with Gasteiger partial charge in [0.25, 0.3) is 0 Å². The minimum absolute atomic E-state index is 0.0685. The second-order valence-electron chi connectivity index (χ2n) is 27.2. The van der Waals surface area contributed by atoms with E-state index in [0.29, 0.717) is 37.9 Å². The summed E-state index contributed by atoms with van der Waals surface area (Å²) < 4.78 is 36.5. The molecule has 0 aromatic heterocycles. The first-order valence-corrected chi connectivity index (χ1v) is 29.6. The topological polar surface area (TPSA) is 318 Å². The monoisotopic (exact) mass is 1120 g/mol. The number of amides is 1. The summed E-state index contributed by atoms with van der Waals surface area (Å²) in [5.74, 6) is -1.80. The zero-order chi connectivity index (χ0) is 57.8. The zero-order valence-electron chi connectivity index (χ0n) is 47.9. The molecule has 0 aromatic rings. The highest BCUT2D eigenvalue weighted by molar-refractivity contribution is 5.85. The van der Waals surface area contributed by atoms with E-state index in [1.807, 2.05) is 0 Å². The number of aliphatic hydroxyl groups is 8. The summed E-state index contributed by atoms with van der Waals surface area (Å²) >= 11 is 0.